The second-order valence-electron chi connectivity index (χ2n) is 7.04. The van der Waals surface area contributed by atoms with E-state index in [1.165, 1.54) is 11.8 Å². The Balaban J connectivity index is 1.89. The summed E-state index contributed by atoms with van der Waals surface area (Å²) in [4.78, 5) is 49.4. The van der Waals surface area contributed by atoms with E-state index in [1.54, 1.807) is 43.3 Å². The molecule has 0 aliphatic carbocycles. The summed E-state index contributed by atoms with van der Waals surface area (Å²) in [6.45, 7) is 6.52. The van der Waals surface area contributed by atoms with Crippen molar-refractivity contribution in [3.63, 3.8) is 0 Å². The zero-order valence-corrected chi connectivity index (χ0v) is 18.2. The molecule has 2 N–H and O–H groups in total. The lowest BCUT2D eigenvalue weighted by molar-refractivity contribution is -0.137. The van der Waals surface area contributed by atoms with E-state index in [-0.39, 0.29) is 24.9 Å². The Morgan fingerprint density at radius 1 is 0.935 bits per heavy atom. The topological polar surface area (TPSA) is 105 Å². The summed E-state index contributed by atoms with van der Waals surface area (Å²) in [6.07, 6.45) is 0. The van der Waals surface area contributed by atoms with E-state index in [0.29, 0.717) is 16.9 Å². The second-order valence-corrected chi connectivity index (χ2v) is 7.04. The molecule has 0 saturated heterocycles. The van der Waals surface area contributed by atoms with E-state index < -0.39 is 18.5 Å². The fourth-order valence-electron chi connectivity index (χ4n) is 2.86. The molecule has 0 aliphatic heterocycles. The van der Waals surface area contributed by atoms with Crippen LogP contribution in [0.5, 0.6) is 0 Å². The minimum Gasteiger partial charge on any atom is -0.452 e. The minimum atomic E-state index is -0.575. The number of benzene rings is 2. The van der Waals surface area contributed by atoms with Gasteiger partial charge in [0.25, 0.3) is 5.91 Å². The Morgan fingerprint density at radius 3 is 2.13 bits per heavy atom. The molecule has 0 bridgehead atoms. The molecule has 31 heavy (non-hydrogen) atoms. The summed E-state index contributed by atoms with van der Waals surface area (Å²) in [7, 11) is 0. The fraction of sp³-hybridized carbons (Fsp3) is 0.304. The summed E-state index contributed by atoms with van der Waals surface area (Å²) < 4.78 is 5.16. The Labute approximate surface area is 181 Å². The van der Waals surface area contributed by atoms with E-state index in [4.69, 9.17) is 4.74 Å². The third-order valence-corrected chi connectivity index (χ3v) is 4.71. The van der Waals surface area contributed by atoms with Gasteiger partial charge in [-0.05, 0) is 62.2 Å². The molecule has 164 valence electrons. The highest BCUT2D eigenvalue weighted by atomic mass is 16.5. The number of hydrogen-bond acceptors (Lipinski definition) is 5. The molecular weight excluding hydrogens is 398 g/mol. The maximum absolute atomic E-state index is 12.4. The molecule has 0 fully saturated rings. The monoisotopic (exact) mass is 425 g/mol. The number of nitrogens with one attached hydrogen (secondary N) is 2. The standard InChI is InChI=1S/C23H27N3O5/c1-5-26(13-21(28)25-19-11-9-18(10-12-19)24-17(4)27)22(29)14-31-23(30)20-8-6-7-15(2)16(20)3/h6-12H,5,13-14H2,1-4H3,(H,24,27)(H,25,28). The van der Waals surface area contributed by atoms with Crippen LogP contribution in [-0.4, -0.2) is 48.3 Å². The van der Waals surface area contributed by atoms with Crippen LogP contribution in [0, 0.1) is 13.8 Å². The number of anilines is 2. The van der Waals surface area contributed by atoms with Gasteiger partial charge >= 0.3 is 5.97 Å². The van der Waals surface area contributed by atoms with Crippen LogP contribution in [0.2, 0.25) is 0 Å². The molecule has 8 nitrogen and oxygen atoms in total. The maximum atomic E-state index is 12.4. The minimum absolute atomic E-state index is 0.177. The van der Waals surface area contributed by atoms with Crippen LogP contribution in [0.25, 0.3) is 0 Å². The van der Waals surface area contributed by atoms with Gasteiger partial charge in [0.05, 0.1) is 12.1 Å². The van der Waals surface area contributed by atoms with Crippen molar-refractivity contribution in [3.8, 4) is 0 Å². The molecule has 8 heteroatoms. The van der Waals surface area contributed by atoms with Crippen LogP contribution < -0.4 is 10.6 Å². The first kappa shape index (κ1) is 23.6. The Bertz CT molecular complexity index is 970. The lowest BCUT2D eigenvalue weighted by atomic mass is 10.0. The third-order valence-electron chi connectivity index (χ3n) is 4.71. The van der Waals surface area contributed by atoms with Crippen molar-refractivity contribution in [1.82, 2.24) is 4.90 Å². The first-order chi connectivity index (χ1) is 14.7. The van der Waals surface area contributed by atoms with Crippen molar-refractivity contribution in [2.75, 3.05) is 30.3 Å². The number of hydrogen-bond donors (Lipinski definition) is 2. The van der Waals surface area contributed by atoms with Gasteiger partial charge in [-0.1, -0.05) is 12.1 Å². The predicted molar refractivity (Wildman–Crippen MR) is 118 cm³/mol. The first-order valence-electron chi connectivity index (χ1n) is 9.89. The Morgan fingerprint density at radius 2 is 1.55 bits per heavy atom. The molecule has 0 unspecified atom stereocenters. The van der Waals surface area contributed by atoms with Crippen molar-refractivity contribution in [2.24, 2.45) is 0 Å². The lowest BCUT2D eigenvalue weighted by Crippen LogP contribution is -2.40. The van der Waals surface area contributed by atoms with E-state index in [2.05, 4.69) is 10.6 Å². The summed E-state index contributed by atoms with van der Waals surface area (Å²) in [6, 6.07) is 11.9. The number of rotatable bonds is 8. The summed E-state index contributed by atoms with van der Waals surface area (Å²) in [5, 5.41) is 5.33. The Hall–Kier alpha value is -3.68. The van der Waals surface area contributed by atoms with Crippen molar-refractivity contribution >= 4 is 35.1 Å². The van der Waals surface area contributed by atoms with Crippen LogP contribution in [0.15, 0.2) is 42.5 Å². The molecule has 0 aromatic heterocycles. The average molecular weight is 425 g/mol. The second kappa shape index (κ2) is 10.9. The third kappa shape index (κ3) is 6.95. The van der Waals surface area contributed by atoms with Gasteiger partial charge in [-0.25, -0.2) is 4.79 Å². The van der Waals surface area contributed by atoms with E-state index in [0.717, 1.165) is 11.1 Å². The fourth-order valence-corrected chi connectivity index (χ4v) is 2.86. The van der Waals surface area contributed by atoms with E-state index in [9.17, 15) is 19.2 Å². The molecule has 3 amide bonds. The number of likely N-dealkylation sites (N-methyl/N-ethyl adjacent to an activating group) is 1. The van der Waals surface area contributed by atoms with Gasteiger partial charge < -0.3 is 20.3 Å². The average Bonchev–Trinajstić information content (AvgIpc) is 2.73. The smallest absolute Gasteiger partial charge is 0.338 e. The summed E-state index contributed by atoms with van der Waals surface area (Å²) in [5.41, 5.74) is 3.32. The number of amides is 3. The molecule has 0 radical (unpaired) electrons. The normalized spacial score (nSPS) is 10.2. The Kier molecular flexibility index (Phi) is 8.31. The lowest BCUT2D eigenvalue weighted by Gasteiger charge is -2.20. The first-order valence-corrected chi connectivity index (χ1v) is 9.89. The molecule has 0 aliphatic rings. The summed E-state index contributed by atoms with van der Waals surface area (Å²) >= 11 is 0. The largest absolute Gasteiger partial charge is 0.452 e. The van der Waals surface area contributed by atoms with Gasteiger partial charge in [0.1, 0.15) is 0 Å². The zero-order valence-electron chi connectivity index (χ0n) is 18.2. The number of carbonyl (C=O) groups excluding carboxylic acids is 4. The van der Waals surface area contributed by atoms with Gasteiger partial charge in [-0.2, -0.15) is 0 Å². The zero-order chi connectivity index (χ0) is 23.0. The summed E-state index contributed by atoms with van der Waals surface area (Å²) in [5.74, 6) is -1.61. The quantitative estimate of drug-likeness (QED) is 0.633. The van der Waals surface area contributed by atoms with Crippen LogP contribution in [0.1, 0.15) is 35.3 Å². The van der Waals surface area contributed by atoms with Crippen molar-refractivity contribution in [2.45, 2.75) is 27.7 Å². The van der Waals surface area contributed by atoms with Crippen LogP contribution in [0.4, 0.5) is 11.4 Å². The molecule has 0 atom stereocenters. The van der Waals surface area contributed by atoms with Gasteiger partial charge in [0.15, 0.2) is 6.61 Å². The predicted octanol–water partition coefficient (Wildman–Crippen LogP) is 2.91. The van der Waals surface area contributed by atoms with Crippen molar-refractivity contribution in [1.29, 1.82) is 0 Å². The van der Waals surface area contributed by atoms with Crippen molar-refractivity contribution in [3.05, 3.63) is 59.2 Å². The molecular formula is C23H27N3O5. The number of aryl methyl sites for hydroxylation is 1. The van der Waals surface area contributed by atoms with Crippen LogP contribution >= 0.6 is 0 Å². The number of esters is 1. The van der Waals surface area contributed by atoms with Gasteiger partial charge in [-0.15, -0.1) is 0 Å². The maximum Gasteiger partial charge on any atom is 0.338 e. The van der Waals surface area contributed by atoms with Gasteiger partial charge in [-0.3, -0.25) is 14.4 Å². The highest BCUT2D eigenvalue weighted by Crippen LogP contribution is 2.15. The van der Waals surface area contributed by atoms with Crippen molar-refractivity contribution < 1.29 is 23.9 Å². The highest BCUT2D eigenvalue weighted by Gasteiger charge is 2.19. The number of nitrogens with zero attached hydrogens (tertiary/aromatic N) is 1. The van der Waals surface area contributed by atoms with Gasteiger partial charge in [0.2, 0.25) is 11.8 Å². The van der Waals surface area contributed by atoms with Crippen LogP contribution in [-0.2, 0) is 19.1 Å². The molecule has 2 rings (SSSR count). The van der Waals surface area contributed by atoms with Gasteiger partial charge in [0, 0.05) is 24.8 Å². The SMILES string of the molecule is CCN(CC(=O)Nc1ccc(NC(C)=O)cc1)C(=O)COC(=O)c1cccc(C)c1C. The van der Waals surface area contributed by atoms with Crippen LogP contribution in [0.3, 0.4) is 0 Å². The molecule has 0 spiro atoms. The number of carbonyl (C=O) groups is 4. The van der Waals surface area contributed by atoms with E-state index in [1.807, 2.05) is 19.9 Å². The van der Waals surface area contributed by atoms with E-state index >= 15 is 0 Å². The molecule has 2 aromatic carbocycles. The highest BCUT2D eigenvalue weighted by molar-refractivity contribution is 5.96. The molecule has 0 heterocycles. The number of ether oxygens (including phenoxy) is 1. The molecule has 0 saturated carbocycles. The molecule has 2 aromatic rings.